The van der Waals surface area contributed by atoms with E-state index in [1.54, 1.807) is 13.2 Å². The minimum absolute atomic E-state index is 0.0657. The molecular formula is C33H42ClN5O3. The number of allylic oxidation sites excluding steroid dienone is 2. The highest BCUT2D eigenvalue weighted by molar-refractivity contribution is 6.32. The number of halogens is 1. The first-order valence-corrected chi connectivity index (χ1v) is 15.5. The zero-order valence-corrected chi connectivity index (χ0v) is 25.5. The largest absolute Gasteiger partial charge is 0.366 e. The molecule has 5 rings (SSSR count). The third kappa shape index (κ3) is 7.63. The fraction of sp³-hybridized carbons (Fsp3) is 0.545. The molecule has 0 radical (unpaired) electrons. The molecule has 0 bridgehead atoms. The molecule has 2 N–H and O–H groups in total. The molecule has 2 unspecified atom stereocenters. The molecule has 4 aliphatic rings. The van der Waals surface area contributed by atoms with Crippen LogP contribution in [-0.2, 0) is 9.53 Å². The molecule has 0 aromatic heterocycles. The van der Waals surface area contributed by atoms with Crippen molar-refractivity contribution < 1.29 is 14.3 Å². The first kappa shape index (κ1) is 30.3. The van der Waals surface area contributed by atoms with Gasteiger partial charge in [0.1, 0.15) is 12.3 Å². The summed E-state index contributed by atoms with van der Waals surface area (Å²) in [6, 6.07) is 6.31. The van der Waals surface area contributed by atoms with Crippen LogP contribution in [0.5, 0.6) is 0 Å². The van der Waals surface area contributed by atoms with Crippen LogP contribution in [0, 0.1) is 29.1 Å². The summed E-state index contributed by atoms with van der Waals surface area (Å²) in [5, 5.41) is 15.3. The van der Waals surface area contributed by atoms with E-state index in [9.17, 15) is 9.59 Å². The lowest BCUT2D eigenvalue weighted by Crippen LogP contribution is -2.44. The van der Waals surface area contributed by atoms with Crippen molar-refractivity contribution in [2.24, 2.45) is 17.8 Å². The molecule has 2 amide bonds. The highest BCUT2D eigenvalue weighted by atomic mass is 35.5. The zero-order valence-electron chi connectivity index (χ0n) is 24.7. The summed E-state index contributed by atoms with van der Waals surface area (Å²) in [6.45, 7) is 9.25. The van der Waals surface area contributed by atoms with Crippen molar-refractivity contribution in [1.82, 2.24) is 20.4 Å². The number of carbonyl (C=O) groups is 2. The lowest BCUT2D eigenvalue weighted by molar-refractivity contribution is -0.124. The van der Waals surface area contributed by atoms with Gasteiger partial charge in [-0.05, 0) is 93.2 Å². The van der Waals surface area contributed by atoms with Gasteiger partial charge in [-0.3, -0.25) is 14.5 Å². The smallest absolute Gasteiger partial charge is 0.251 e. The Morgan fingerprint density at radius 1 is 1.17 bits per heavy atom. The van der Waals surface area contributed by atoms with Gasteiger partial charge in [-0.25, -0.2) is 0 Å². The Morgan fingerprint density at radius 3 is 2.57 bits per heavy atom. The van der Waals surface area contributed by atoms with Gasteiger partial charge in [-0.15, -0.1) is 0 Å². The van der Waals surface area contributed by atoms with Crippen molar-refractivity contribution in [3.05, 3.63) is 70.0 Å². The molecule has 224 valence electrons. The number of methoxy groups -OCH3 is 1. The lowest BCUT2D eigenvalue weighted by Gasteiger charge is -2.34. The van der Waals surface area contributed by atoms with E-state index in [0.29, 0.717) is 23.2 Å². The van der Waals surface area contributed by atoms with Crippen LogP contribution in [0.3, 0.4) is 0 Å². The Kier molecular flexibility index (Phi) is 9.72. The average Bonchev–Trinajstić information content (AvgIpc) is 3.90. The number of hydrogen-bond acceptors (Lipinski definition) is 6. The predicted octanol–water partition coefficient (Wildman–Crippen LogP) is 5.33. The molecule has 1 aromatic carbocycles. The van der Waals surface area contributed by atoms with Crippen LogP contribution >= 0.6 is 11.6 Å². The van der Waals surface area contributed by atoms with Crippen molar-refractivity contribution in [1.29, 1.82) is 5.26 Å². The van der Waals surface area contributed by atoms with Crippen LogP contribution < -0.4 is 10.6 Å². The molecule has 1 aliphatic heterocycles. The standard InChI is InChI=1S/C33H42ClN5O3/c1-21-15-31(42-3)39(19-24-10-11-24)20-38(18-23-8-9-23)30(21)14-7-22(2)36-33(41)27-5-4-6-29(27)37-32(40)25-12-13-26(17-35)28(34)16-25/h7,12-14,16,23-24,27,29,31H,2,4-6,8-11,15,18-20H2,1,3H3,(H,36,41)(H,37,40)/b14-7-/t27?,29?,31-/m0/s1. The molecule has 0 spiro atoms. The topological polar surface area (TPSA) is 97.7 Å². The summed E-state index contributed by atoms with van der Waals surface area (Å²) in [4.78, 5) is 31.1. The lowest BCUT2D eigenvalue weighted by atomic mass is 10.0. The minimum Gasteiger partial charge on any atom is -0.366 e. The number of hydrogen-bond donors (Lipinski definition) is 2. The first-order valence-electron chi connectivity index (χ1n) is 15.2. The molecule has 1 heterocycles. The highest BCUT2D eigenvalue weighted by Gasteiger charge is 2.36. The summed E-state index contributed by atoms with van der Waals surface area (Å²) in [5.74, 6) is 0.726. The molecule has 1 aromatic rings. The molecule has 8 nitrogen and oxygen atoms in total. The molecule has 42 heavy (non-hydrogen) atoms. The maximum absolute atomic E-state index is 13.3. The number of rotatable bonds is 11. The van der Waals surface area contributed by atoms with E-state index in [1.165, 1.54) is 49.1 Å². The van der Waals surface area contributed by atoms with Gasteiger partial charge in [-0.2, -0.15) is 5.26 Å². The van der Waals surface area contributed by atoms with Gasteiger partial charge in [-0.1, -0.05) is 24.6 Å². The normalized spacial score (nSPS) is 24.9. The van der Waals surface area contributed by atoms with Crippen molar-refractivity contribution >= 4 is 23.4 Å². The fourth-order valence-corrected chi connectivity index (χ4v) is 6.35. The summed E-state index contributed by atoms with van der Waals surface area (Å²) in [6.07, 6.45) is 12.3. The number of ether oxygens (including phenoxy) is 1. The molecule has 0 saturated heterocycles. The second kappa shape index (κ2) is 13.5. The van der Waals surface area contributed by atoms with E-state index in [-0.39, 0.29) is 35.0 Å². The molecule has 3 saturated carbocycles. The second-order valence-corrected chi connectivity index (χ2v) is 12.8. The van der Waals surface area contributed by atoms with Crippen LogP contribution in [0.25, 0.3) is 0 Å². The van der Waals surface area contributed by atoms with Gasteiger partial charge in [0.05, 0.1) is 23.2 Å². The second-order valence-electron chi connectivity index (χ2n) is 12.4. The van der Waals surface area contributed by atoms with Gasteiger partial charge in [0.25, 0.3) is 5.91 Å². The van der Waals surface area contributed by atoms with Crippen molar-refractivity contribution in [2.45, 2.75) is 70.6 Å². The van der Waals surface area contributed by atoms with Gasteiger partial charge < -0.3 is 20.3 Å². The Bertz CT molecular complexity index is 1310. The van der Waals surface area contributed by atoms with Crippen molar-refractivity contribution in [3.8, 4) is 6.07 Å². The van der Waals surface area contributed by atoms with E-state index in [0.717, 1.165) is 50.9 Å². The number of nitrogens with one attached hydrogen (secondary N) is 2. The Balaban J connectivity index is 1.21. The third-order valence-corrected chi connectivity index (χ3v) is 9.22. The van der Waals surface area contributed by atoms with Gasteiger partial charge >= 0.3 is 0 Å². The first-order chi connectivity index (χ1) is 20.2. The van der Waals surface area contributed by atoms with Crippen LogP contribution in [0.1, 0.15) is 74.2 Å². The van der Waals surface area contributed by atoms with E-state index >= 15 is 0 Å². The molecular weight excluding hydrogens is 550 g/mol. The fourth-order valence-electron chi connectivity index (χ4n) is 6.13. The summed E-state index contributed by atoms with van der Waals surface area (Å²) in [5.41, 5.74) is 3.68. The summed E-state index contributed by atoms with van der Waals surface area (Å²) < 4.78 is 5.93. The number of carbonyl (C=O) groups excluding carboxylic acids is 2. The quantitative estimate of drug-likeness (QED) is 0.338. The zero-order chi connectivity index (χ0) is 29.8. The van der Waals surface area contributed by atoms with Gasteiger partial charge in [0, 0.05) is 49.6 Å². The van der Waals surface area contributed by atoms with Crippen LogP contribution in [-0.4, -0.2) is 60.8 Å². The molecule has 9 heteroatoms. The highest BCUT2D eigenvalue weighted by Crippen LogP contribution is 2.36. The monoisotopic (exact) mass is 591 g/mol. The summed E-state index contributed by atoms with van der Waals surface area (Å²) >= 11 is 6.11. The summed E-state index contributed by atoms with van der Waals surface area (Å²) in [7, 11) is 1.81. The third-order valence-electron chi connectivity index (χ3n) is 8.90. The van der Waals surface area contributed by atoms with E-state index in [4.69, 9.17) is 21.6 Å². The number of amides is 2. The Morgan fingerprint density at radius 2 is 1.90 bits per heavy atom. The number of nitriles is 1. The van der Waals surface area contributed by atoms with E-state index < -0.39 is 0 Å². The molecule has 3 aliphatic carbocycles. The Hall–Kier alpha value is -3.12. The van der Waals surface area contributed by atoms with Gasteiger partial charge in [0.15, 0.2) is 0 Å². The van der Waals surface area contributed by atoms with E-state index in [1.807, 2.05) is 12.1 Å². The maximum Gasteiger partial charge on any atom is 0.251 e. The SMILES string of the molecule is C=C(/C=C\C1=C(C)C[C@H](OC)N(CC2CC2)CN1CC1CC1)NC(=O)C1CCCC1NC(=O)c1ccc(C#N)c(Cl)c1. The van der Waals surface area contributed by atoms with Crippen LogP contribution in [0.15, 0.2) is 53.9 Å². The Labute approximate surface area is 254 Å². The minimum atomic E-state index is -0.350. The van der Waals surface area contributed by atoms with Crippen LogP contribution in [0.2, 0.25) is 5.02 Å². The van der Waals surface area contributed by atoms with Gasteiger partial charge in [0.2, 0.25) is 5.91 Å². The predicted molar refractivity (Wildman–Crippen MR) is 163 cm³/mol. The molecule has 3 atom stereocenters. The van der Waals surface area contributed by atoms with Crippen molar-refractivity contribution in [3.63, 3.8) is 0 Å². The average molecular weight is 592 g/mol. The number of benzene rings is 1. The maximum atomic E-state index is 13.3. The van der Waals surface area contributed by atoms with E-state index in [2.05, 4.69) is 40.0 Å². The molecule has 3 fully saturated rings. The number of nitrogens with zero attached hydrogens (tertiary/aromatic N) is 3. The van der Waals surface area contributed by atoms with Crippen LogP contribution in [0.4, 0.5) is 0 Å². The van der Waals surface area contributed by atoms with Crippen molar-refractivity contribution in [2.75, 3.05) is 26.9 Å².